The van der Waals surface area contributed by atoms with Crippen molar-refractivity contribution in [1.82, 2.24) is 5.32 Å². The maximum atomic E-state index is 3.40. The van der Waals surface area contributed by atoms with Crippen molar-refractivity contribution in [3.05, 3.63) is 53.1 Å². The second kappa shape index (κ2) is 3.70. The zero-order chi connectivity index (χ0) is 9.97. The molecule has 1 heterocycles. The topological polar surface area (TPSA) is 12.0 Å². The van der Waals surface area contributed by atoms with Gasteiger partial charge in [0.05, 0.1) is 0 Å². The molecule has 0 radical (unpaired) electrons. The van der Waals surface area contributed by atoms with Gasteiger partial charge in [-0.05, 0) is 25.0 Å². The lowest BCUT2D eigenvalue weighted by molar-refractivity contribution is 0.979. The lowest BCUT2D eigenvalue weighted by Crippen LogP contribution is -2.16. The Balaban J connectivity index is 2.39. The van der Waals surface area contributed by atoms with E-state index in [0.717, 1.165) is 6.54 Å². The molecule has 0 atom stereocenters. The Bertz CT molecular complexity index is 382. The summed E-state index contributed by atoms with van der Waals surface area (Å²) in [5.74, 6) is 0. The SMILES string of the molecule is CC1=C(c2ccc(C)cc2)NCC=C1. The molecule has 0 saturated carbocycles. The van der Waals surface area contributed by atoms with Crippen molar-refractivity contribution >= 4 is 5.70 Å². The lowest BCUT2D eigenvalue weighted by atomic mass is 10.0. The van der Waals surface area contributed by atoms with Crippen LogP contribution in [0.4, 0.5) is 0 Å². The minimum absolute atomic E-state index is 0.931. The highest BCUT2D eigenvalue weighted by atomic mass is 14.9. The van der Waals surface area contributed by atoms with Crippen LogP contribution < -0.4 is 5.32 Å². The predicted octanol–water partition coefficient (Wildman–Crippen LogP) is 2.89. The maximum Gasteiger partial charge on any atom is 0.0445 e. The minimum atomic E-state index is 0.931. The molecule has 1 heteroatoms. The Kier molecular flexibility index (Phi) is 2.40. The molecule has 1 N–H and O–H groups in total. The Morgan fingerprint density at radius 2 is 1.79 bits per heavy atom. The first-order chi connectivity index (χ1) is 6.77. The van der Waals surface area contributed by atoms with Crippen LogP contribution in [-0.4, -0.2) is 6.54 Å². The van der Waals surface area contributed by atoms with E-state index in [1.807, 2.05) is 0 Å². The summed E-state index contributed by atoms with van der Waals surface area (Å²) in [5, 5.41) is 3.40. The van der Waals surface area contributed by atoms with E-state index >= 15 is 0 Å². The highest BCUT2D eigenvalue weighted by molar-refractivity contribution is 5.70. The molecule has 0 amide bonds. The lowest BCUT2D eigenvalue weighted by Gasteiger charge is -2.16. The van der Waals surface area contributed by atoms with E-state index in [1.165, 1.54) is 22.4 Å². The van der Waals surface area contributed by atoms with Crippen LogP contribution in [0.1, 0.15) is 18.1 Å². The van der Waals surface area contributed by atoms with Gasteiger partial charge in [-0.1, -0.05) is 42.0 Å². The summed E-state index contributed by atoms with van der Waals surface area (Å²) in [6.07, 6.45) is 4.32. The van der Waals surface area contributed by atoms with Crippen molar-refractivity contribution in [2.24, 2.45) is 0 Å². The molecule has 0 aliphatic carbocycles. The molecule has 1 aromatic rings. The average molecular weight is 185 g/mol. The van der Waals surface area contributed by atoms with Gasteiger partial charge in [-0.25, -0.2) is 0 Å². The fraction of sp³-hybridized carbons (Fsp3) is 0.231. The number of nitrogens with one attached hydrogen (secondary N) is 1. The largest absolute Gasteiger partial charge is 0.381 e. The predicted molar refractivity (Wildman–Crippen MR) is 60.9 cm³/mol. The van der Waals surface area contributed by atoms with Crippen molar-refractivity contribution < 1.29 is 0 Å². The fourth-order valence-electron chi connectivity index (χ4n) is 1.67. The Labute approximate surface area is 85.2 Å². The molecule has 1 aromatic carbocycles. The minimum Gasteiger partial charge on any atom is -0.381 e. The zero-order valence-electron chi connectivity index (χ0n) is 8.67. The summed E-state index contributed by atoms with van der Waals surface area (Å²) < 4.78 is 0. The van der Waals surface area contributed by atoms with Crippen LogP contribution in [0.3, 0.4) is 0 Å². The third-order valence-corrected chi connectivity index (χ3v) is 2.50. The van der Waals surface area contributed by atoms with Crippen LogP contribution in [0, 0.1) is 6.92 Å². The van der Waals surface area contributed by atoms with Gasteiger partial charge in [0.2, 0.25) is 0 Å². The molecular formula is C13H15N. The van der Waals surface area contributed by atoms with Crippen LogP contribution in [0.25, 0.3) is 5.70 Å². The van der Waals surface area contributed by atoms with Crippen molar-refractivity contribution in [2.75, 3.05) is 6.54 Å². The van der Waals surface area contributed by atoms with E-state index < -0.39 is 0 Å². The first-order valence-corrected chi connectivity index (χ1v) is 4.96. The van der Waals surface area contributed by atoms with Crippen LogP contribution in [0.15, 0.2) is 42.0 Å². The summed E-state index contributed by atoms with van der Waals surface area (Å²) in [7, 11) is 0. The molecule has 1 nitrogen and oxygen atoms in total. The van der Waals surface area contributed by atoms with Gasteiger partial charge in [0, 0.05) is 12.2 Å². The van der Waals surface area contributed by atoms with Crippen molar-refractivity contribution in [3.8, 4) is 0 Å². The number of hydrogen-bond acceptors (Lipinski definition) is 1. The molecule has 1 aliphatic heterocycles. The van der Waals surface area contributed by atoms with E-state index in [4.69, 9.17) is 0 Å². The molecule has 72 valence electrons. The smallest absolute Gasteiger partial charge is 0.0445 e. The summed E-state index contributed by atoms with van der Waals surface area (Å²) in [6.45, 7) is 5.18. The standard InChI is InChI=1S/C13H15N/c1-10-5-7-12(8-6-10)13-11(2)4-3-9-14-13/h3-8,14H,9H2,1-2H3. The van der Waals surface area contributed by atoms with Crippen molar-refractivity contribution in [1.29, 1.82) is 0 Å². The van der Waals surface area contributed by atoms with Gasteiger partial charge in [-0.15, -0.1) is 0 Å². The zero-order valence-corrected chi connectivity index (χ0v) is 8.67. The number of allylic oxidation sites excluding steroid dienone is 2. The molecule has 2 rings (SSSR count). The summed E-state index contributed by atoms with van der Waals surface area (Å²) >= 11 is 0. The fourth-order valence-corrected chi connectivity index (χ4v) is 1.67. The van der Waals surface area contributed by atoms with E-state index in [2.05, 4.69) is 55.6 Å². The van der Waals surface area contributed by atoms with Crippen LogP contribution in [0.2, 0.25) is 0 Å². The van der Waals surface area contributed by atoms with E-state index in [0.29, 0.717) is 0 Å². The van der Waals surface area contributed by atoms with E-state index in [-0.39, 0.29) is 0 Å². The molecule has 0 bridgehead atoms. The van der Waals surface area contributed by atoms with Gasteiger partial charge in [0.25, 0.3) is 0 Å². The van der Waals surface area contributed by atoms with E-state index in [1.54, 1.807) is 0 Å². The average Bonchev–Trinajstić information content (AvgIpc) is 2.20. The molecule has 0 aromatic heterocycles. The molecule has 0 fully saturated rings. The van der Waals surface area contributed by atoms with Gasteiger partial charge >= 0.3 is 0 Å². The van der Waals surface area contributed by atoms with Gasteiger partial charge in [-0.3, -0.25) is 0 Å². The van der Waals surface area contributed by atoms with Gasteiger partial charge in [-0.2, -0.15) is 0 Å². The normalized spacial score (nSPS) is 15.6. The Hall–Kier alpha value is -1.50. The molecule has 14 heavy (non-hydrogen) atoms. The molecule has 1 aliphatic rings. The van der Waals surface area contributed by atoms with Crippen LogP contribution in [-0.2, 0) is 0 Å². The van der Waals surface area contributed by atoms with Crippen molar-refractivity contribution in [3.63, 3.8) is 0 Å². The maximum absolute atomic E-state index is 3.40. The first kappa shape index (κ1) is 9.07. The second-order valence-electron chi connectivity index (χ2n) is 3.71. The number of hydrogen-bond donors (Lipinski definition) is 1. The molecule has 0 unspecified atom stereocenters. The third-order valence-electron chi connectivity index (χ3n) is 2.50. The quantitative estimate of drug-likeness (QED) is 0.709. The number of dihydropyridines is 1. The summed E-state index contributed by atoms with van der Waals surface area (Å²) in [4.78, 5) is 0. The molecular weight excluding hydrogens is 170 g/mol. The number of benzene rings is 1. The van der Waals surface area contributed by atoms with E-state index in [9.17, 15) is 0 Å². The monoisotopic (exact) mass is 185 g/mol. The third kappa shape index (κ3) is 1.72. The van der Waals surface area contributed by atoms with Gasteiger partial charge in [0.1, 0.15) is 0 Å². The Morgan fingerprint density at radius 3 is 2.43 bits per heavy atom. The molecule has 0 saturated heterocycles. The second-order valence-corrected chi connectivity index (χ2v) is 3.71. The summed E-state index contributed by atoms with van der Waals surface area (Å²) in [5.41, 5.74) is 5.14. The highest BCUT2D eigenvalue weighted by Gasteiger charge is 2.05. The number of rotatable bonds is 1. The van der Waals surface area contributed by atoms with Gasteiger partial charge in [0.15, 0.2) is 0 Å². The summed E-state index contributed by atoms with van der Waals surface area (Å²) in [6, 6.07) is 8.63. The van der Waals surface area contributed by atoms with Gasteiger partial charge < -0.3 is 5.32 Å². The number of aryl methyl sites for hydroxylation is 1. The van der Waals surface area contributed by atoms with Crippen molar-refractivity contribution in [2.45, 2.75) is 13.8 Å². The van der Waals surface area contributed by atoms with Crippen LogP contribution >= 0.6 is 0 Å². The highest BCUT2D eigenvalue weighted by Crippen LogP contribution is 2.19. The molecule has 0 spiro atoms. The van der Waals surface area contributed by atoms with Crippen LogP contribution in [0.5, 0.6) is 0 Å². The Morgan fingerprint density at radius 1 is 1.07 bits per heavy atom. The first-order valence-electron chi connectivity index (χ1n) is 4.96.